The smallest absolute Gasteiger partial charge is 0.414 e. The summed E-state index contributed by atoms with van der Waals surface area (Å²) in [6, 6.07) is 10.6. The van der Waals surface area contributed by atoms with Gasteiger partial charge in [-0.05, 0) is 84.4 Å². The number of piperidine rings is 1. The van der Waals surface area contributed by atoms with Gasteiger partial charge in [0.25, 0.3) is 5.91 Å². The Morgan fingerprint density at radius 1 is 0.918 bits per heavy atom. The molecule has 0 aliphatic carbocycles. The van der Waals surface area contributed by atoms with Crippen LogP contribution in [-0.4, -0.2) is 63.6 Å². The molecule has 0 unspecified atom stereocenters. The van der Waals surface area contributed by atoms with Crippen LogP contribution in [0, 0.1) is 6.92 Å². The molecule has 13 heteroatoms. The van der Waals surface area contributed by atoms with Gasteiger partial charge in [0.05, 0.1) is 36.0 Å². The Labute approximate surface area is 285 Å². The number of hydrogen-bond acceptors (Lipinski definition) is 5. The fourth-order valence-corrected chi connectivity index (χ4v) is 6.55. The SMILES string of the molecule is Cc1ccccc1-c1cc(N2CCC(OCCO[Si](C)(C)C(C)(C)C)CC2)ncc1C(=O)N(C)Cc1cc(C(F)(F)F)cc(C(F)(F)F)c1. The van der Waals surface area contributed by atoms with Crippen molar-refractivity contribution < 1.29 is 40.3 Å². The second-order valence-corrected chi connectivity index (χ2v) is 19.0. The quantitative estimate of drug-likeness (QED) is 0.119. The predicted molar refractivity (Wildman–Crippen MR) is 181 cm³/mol. The van der Waals surface area contributed by atoms with Crippen LogP contribution in [0.1, 0.15) is 66.2 Å². The first-order valence-electron chi connectivity index (χ1n) is 16.3. The van der Waals surface area contributed by atoms with Gasteiger partial charge in [-0.25, -0.2) is 4.98 Å². The molecule has 3 aromatic rings. The van der Waals surface area contributed by atoms with Gasteiger partial charge in [0.2, 0.25) is 0 Å². The summed E-state index contributed by atoms with van der Waals surface area (Å²) >= 11 is 0. The van der Waals surface area contributed by atoms with E-state index in [9.17, 15) is 31.1 Å². The third-order valence-corrected chi connectivity index (χ3v) is 14.0. The molecule has 49 heavy (non-hydrogen) atoms. The highest BCUT2D eigenvalue weighted by atomic mass is 28.4. The van der Waals surface area contributed by atoms with E-state index in [4.69, 9.17) is 9.16 Å². The Morgan fingerprint density at radius 2 is 1.51 bits per heavy atom. The Kier molecular flexibility index (Phi) is 11.6. The van der Waals surface area contributed by atoms with E-state index in [1.165, 1.54) is 13.2 Å². The molecule has 0 saturated carbocycles. The molecule has 1 aliphatic heterocycles. The molecule has 1 saturated heterocycles. The average Bonchev–Trinajstić information content (AvgIpc) is 3.01. The van der Waals surface area contributed by atoms with Crippen molar-refractivity contribution in [2.24, 2.45) is 0 Å². The fraction of sp³-hybridized carbons (Fsp3) is 0.500. The van der Waals surface area contributed by atoms with Gasteiger partial charge in [0.1, 0.15) is 5.82 Å². The summed E-state index contributed by atoms with van der Waals surface area (Å²) in [5.41, 5.74) is -0.754. The summed E-state index contributed by atoms with van der Waals surface area (Å²) in [7, 11) is -0.507. The Hall–Kier alpha value is -3.42. The second-order valence-electron chi connectivity index (χ2n) is 14.1. The minimum Gasteiger partial charge on any atom is -0.414 e. The highest BCUT2D eigenvalue weighted by Gasteiger charge is 2.38. The fourth-order valence-electron chi connectivity index (χ4n) is 5.53. The summed E-state index contributed by atoms with van der Waals surface area (Å²) < 4.78 is 93.1. The number of pyridine rings is 1. The van der Waals surface area contributed by atoms with Crippen LogP contribution in [0.25, 0.3) is 11.1 Å². The van der Waals surface area contributed by atoms with Gasteiger partial charge in [-0.2, -0.15) is 26.3 Å². The normalized spacial score (nSPS) is 15.1. The maximum Gasteiger partial charge on any atom is 0.416 e. The Balaban J connectivity index is 1.51. The zero-order valence-corrected chi connectivity index (χ0v) is 30.1. The molecule has 6 nitrogen and oxygen atoms in total. The number of carbonyl (C=O) groups excluding carboxylic acids is 1. The van der Waals surface area contributed by atoms with Crippen LogP contribution in [0.5, 0.6) is 0 Å². The van der Waals surface area contributed by atoms with E-state index in [-0.39, 0.29) is 28.3 Å². The number of anilines is 1. The van der Waals surface area contributed by atoms with Gasteiger partial charge in [0, 0.05) is 32.9 Å². The zero-order valence-electron chi connectivity index (χ0n) is 29.1. The van der Waals surface area contributed by atoms with Crippen molar-refractivity contribution in [3.8, 4) is 11.1 Å². The summed E-state index contributed by atoms with van der Waals surface area (Å²) in [4.78, 5) is 21.6. The topological polar surface area (TPSA) is 54.9 Å². The lowest BCUT2D eigenvalue weighted by Crippen LogP contribution is -2.42. The molecule has 1 aromatic heterocycles. The molecule has 1 fully saturated rings. The minimum atomic E-state index is -4.99. The second kappa shape index (κ2) is 14.8. The molecule has 0 spiro atoms. The molecule has 0 bridgehead atoms. The van der Waals surface area contributed by atoms with Crippen molar-refractivity contribution >= 4 is 20.0 Å². The molecule has 0 N–H and O–H groups in total. The van der Waals surface area contributed by atoms with Gasteiger partial charge in [-0.3, -0.25) is 4.79 Å². The number of nitrogens with zero attached hydrogens (tertiary/aromatic N) is 3. The van der Waals surface area contributed by atoms with E-state index in [0.29, 0.717) is 49.8 Å². The van der Waals surface area contributed by atoms with Crippen molar-refractivity contribution in [1.29, 1.82) is 0 Å². The maximum atomic E-state index is 13.8. The van der Waals surface area contributed by atoms with Crippen LogP contribution < -0.4 is 4.90 Å². The van der Waals surface area contributed by atoms with E-state index < -0.39 is 44.2 Å². The molecule has 0 atom stereocenters. The Bertz CT molecular complexity index is 1580. The molecular formula is C36H45F6N3O3Si. The molecule has 2 heterocycles. The molecule has 0 radical (unpaired) electrons. The van der Waals surface area contributed by atoms with Crippen molar-refractivity contribution in [2.45, 2.75) is 83.7 Å². The summed E-state index contributed by atoms with van der Waals surface area (Å²) in [6.45, 7) is 14.9. The maximum absolute atomic E-state index is 13.8. The zero-order chi connectivity index (χ0) is 36.4. The van der Waals surface area contributed by atoms with Gasteiger partial charge in [-0.1, -0.05) is 45.0 Å². The predicted octanol–water partition coefficient (Wildman–Crippen LogP) is 9.37. The van der Waals surface area contributed by atoms with Crippen LogP contribution in [0.15, 0.2) is 54.7 Å². The summed E-state index contributed by atoms with van der Waals surface area (Å²) in [5.74, 6) is 0.0696. The number of alkyl halides is 6. The molecule has 1 amide bonds. The largest absolute Gasteiger partial charge is 0.416 e. The van der Waals surface area contributed by atoms with Gasteiger partial charge in [0.15, 0.2) is 8.32 Å². The van der Waals surface area contributed by atoms with Crippen LogP contribution in [0.4, 0.5) is 32.2 Å². The molecule has 4 rings (SSSR count). The monoisotopic (exact) mass is 709 g/mol. The van der Waals surface area contributed by atoms with Gasteiger partial charge in [-0.15, -0.1) is 0 Å². The van der Waals surface area contributed by atoms with Crippen LogP contribution >= 0.6 is 0 Å². The van der Waals surface area contributed by atoms with Crippen molar-refractivity contribution in [1.82, 2.24) is 9.88 Å². The van der Waals surface area contributed by atoms with E-state index in [2.05, 4.69) is 43.7 Å². The number of rotatable bonds is 10. The van der Waals surface area contributed by atoms with Gasteiger partial charge < -0.3 is 19.0 Å². The lowest BCUT2D eigenvalue weighted by Gasteiger charge is -2.36. The highest BCUT2D eigenvalue weighted by molar-refractivity contribution is 6.74. The number of amides is 1. The third kappa shape index (κ3) is 9.64. The van der Waals surface area contributed by atoms with E-state index >= 15 is 0 Å². The van der Waals surface area contributed by atoms with E-state index in [1.807, 2.05) is 37.3 Å². The molecule has 1 aliphatic rings. The number of benzene rings is 2. The molecule has 268 valence electrons. The van der Waals surface area contributed by atoms with Crippen molar-refractivity contribution in [2.75, 3.05) is 38.3 Å². The van der Waals surface area contributed by atoms with Crippen LogP contribution in [0.2, 0.25) is 18.1 Å². The number of hydrogen-bond donors (Lipinski definition) is 0. The highest BCUT2D eigenvalue weighted by Crippen LogP contribution is 2.38. The molecule has 2 aromatic carbocycles. The van der Waals surface area contributed by atoms with E-state index in [0.717, 1.165) is 28.9 Å². The third-order valence-electron chi connectivity index (χ3n) is 9.44. The number of aromatic nitrogens is 1. The average molecular weight is 710 g/mol. The lowest BCUT2D eigenvalue weighted by molar-refractivity contribution is -0.143. The van der Waals surface area contributed by atoms with Crippen LogP contribution in [-0.2, 0) is 28.1 Å². The van der Waals surface area contributed by atoms with Crippen molar-refractivity contribution in [3.63, 3.8) is 0 Å². The number of carbonyl (C=O) groups is 1. The summed E-state index contributed by atoms with van der Waals surface area (Å²) in [5, 5.41) is 0.126. The first kappa shape index (κ1) is 38.4. The Morgan fingerprint density at radius 3 is 2.06 bits per heavy atom. The van der Waals surface area contributed by atoms with Crippen LogP contribution in [0.3, 0.4) is 0 Å². The standard InChI is InChI=1S/C36H45F6N3O3Si/c1-24-10-8-9-11-29(24)30-21-32(45-14-12-28(13-15-45)47-16-17-48-49(6,7)34(2,3)4)43-22-31(30)33(46)44(5)23-25-18-26(35(37,38)39)20-27(19-25)36(40,41)42/h8-11,18-22,28H,12-17,23H2,1-7H3. The van der Waals surface area contributed by atoms with E-state index in [1.54, 1.807) is 0 Å². The van der Waals surface area contributed by atoms with Gasteiger partial charge >= 0.3 is 12.4 Å². The first-order valence-corrected chi connectivity index (χ1v) is 19.2. The minimum absolute atomic E-state index is 0.0732. The number of aryl methyl sites for hydroxylation is 1. The number of halogens is 6. The molecular weight excluding hydrogens is 664 g/mol. The van der Waals surface area contributed by atoms with Crippen molar-refractivity contribution in [3.05, 3.63) is 82.5 Å². The number of ether oxygens (including phenoxy) is 1. The lowest BCUT2D eigenvalue weighted by atomic mass is 9.96. The summed E-state index contributed by atoms with van der Waals surface area (Å²) in [6.07, 6.45) is -6.90. The first-order chi connectivity index (χ1) is 22.7.